The summed E-state index contributed by atoms with van der Waals surface area (Å²) in [4.78, 5) is 31.0. The minimum absolute atomic E-state index is 0.00419. The number of thiazole rings is 1. The Balaban J connectivity index is 1.52. The van der Waals surface area contributed by atoms with Crippen LogP contribution in [0.4, 0.5) is 5.69 Å². The molecule has 40 heavy (non-hydrogen) atoms. The number of aromatic nitrogens is 1. The largest absolute Gasteiger partial charge is 0.496 e. The number of hydrogen-bond acceptors (Lipinski definition) is 6. The van der Waals surface area contributed by atoms with E-state index in [1.54, 1.807) is 23.8 Å². The van der Waals surface area contributed by atoms with Crippen LogP contribution in [0.25, 0.3) is 22.5 Å². The number of non-ortho nitro benzene ring substituents is 1. The van der Waals surface area contributed by atoms with E-state index in [0.29, 0.717) is 27.1 Å². The molecule has 0 saturated heterocycles. The van der Waals surface area contributed by atoms with Gasteiger partial charge in [0.1, 0.15) is 5.75 Å². The molecule has 1 aromatic heterocycles. The second kappa shape index (κ2) is 9.43. The van der Waals surface area contributed by atoms with Crippen LogP contribution in [-0.2, 0) is 6.42 Å². The van der Waals surface area contributed by atoms with Crippen molar-refractivity contribution in [2.45, 2.75) is 18.9 Å². The lowest BCUT2D eigenvalue weighted by Gasteiger charge is -2.30. The maximum Gasteiger partial charge on any atom is 0.271 e. The second-order valence-electron chi connectivity index (χ2n) is 9.87. The van der Waals surface area contributed by atoms with Crippen LogP contribution >= 0.6 is 11.3 Å². The van der Waals surface area contributed by atoms with Gasteiger partial charge in [-0.1, -0.05) is 78.1 Å². The summed E-state index contributed by atoms with van der Waals surface area (Å²) in [5, 5.41) is 13.7. The zero-order valence-electron chi connectivity index (χ0n) is 21.5. The molecule has 8 heteroatoms. The van der Waals surface area contributed by atoms with Crippen molar-refractivity contribution >= 4 is 39.6 Å². The highest BCUT2D eigenvalue weighted by Gasteiger charge is 2.33. The molecule has 0 N–H and O–H groups in total. The van der Waals surface area contributed by atoms with Crippen LogP contribution in [-0.4, -0.2) is 16.6 Å². The lowest BCUT2D eigenvalue weighted by Crippen LogP contribution is -2.38. The van der Waals surface area contributed by atoms with E-state index in [0.717, 1.165) is 39.6 Å². The lowest BCUT2D eigenvalue weighted by molar-refractivity contribution is -0.384. The summed E-state index contributed by atoms with van der Waals surface area (Å²) in [5.74, 6) is 0.674. The molecular formula is C32H23N3O4S. The molecule has 2 aliphatic rings. The SMILES string of the molecule is COc1ccc2ccccc2c1/C=c1\sc2n(c1=O)[C@@H](c1cccc([N+](=O)[O-])c1)C1=C(N=2)c2ccccc2CC1. The first kappa shape index (κ1) is 24.2. The van der Waals surface area contributed by atoms with Crippen LogP contribution in [0, 0.1) is 10.1 Å². The minimum atomic E-state index is -0.490. The number of nitrogens with zero attached hydrogens (tertiary/aromatic N) is 3. The molecule has 0 fully saturated rings. The summed E-state index contributed by atoms with van der Waals surface area (Å²) in [6.07, 6.45) is 3.41. The van der Waals surface area contributed by atoms with Crippen LogP contribution in [0.3, 0.4) is 0 Å². The summed E-state index contributed by atoms with van der Waals surface area (Å²) >= 11 is 1.33. The number of aryl methyl sites for hydroxylation is 1. The van der Waals surface area contributed by atoms with Gasteiger partial charge in [0, 0.05) is 23.3 Å². The first-order valence-electron chi connectivity index (χ1n) is 13.0. The molecule has 1 atom stereocenters. The Hall–Kier alpha value is -4.82. The van der Waals surface area contributed by atoms with Gasteiger partial charge in [-0.3, -0.25) is 19.5 Å². The number of nitro groups is 1. The highest BCUT2D eigenvalue weighted by atomic mass is 32.1. The van der Waals surface area contributed by atoms with Crippen molar-refractivity contribution < 1.29 is 9.66 Å². The van der Waals surface area contributed by atoms with Gasteiger partial charge in [-0.15, -0.1) is 0 Å². The predicted octanol–water partition coefficient (Wildman–Crippen LogP) is 5.39. The number of ether oxygens (including phenoxy) is 1. The number of hydrogen-bond donors (Lipinski definition) is 0. The summed E-state index contributed by atoms with van der Waals surface area (Å²) in [6, 6.07) is 26.2. The summed E-state index contributed by atoms with van der Waals surface area (Å²) in [6.45, 7) is 0. The number of rotatable bonds is 4. The fraction of sp³-hybridized carbons (Fsp3) is 0.125. The van der Waals surface area contributed by atoms with E-state index in [-0.39, 0.29) is 11.2 Å². The molecule has 0 radical (unpaired) electrons. The molecule has 1 aliphatic heterocycles. The van der Waals surface area contributed by atoms with E-state index in [4.69, 9.17) is 9.73 Å². The summed E-state index contributed by atoms with van der Waals surface area (Å²) < 4.78 is 7.91. The minimum Gasteiger partial charge on any atom is -0.496 e. The molecule has 7 rings (SSSR count). The van der Waals surface area contributed by atoms with Crippen molar-refractivity contribution in [3.8, 4) is 5.75 Å². The van der Waals surface area contributed by atoms with Crippen LogP contribution in [0.5, 0.6) is 5.75 Å². The van der Waals surface area contributed by atoms with Gasteiger partial charge in [0.05, 0.1) is 28.3 Å². The topological polar surface area (TPSA) is 86.7 Å². The maximum atomic E-state index is 14.2. The van der Waals surface area contributed by atoms with Gasteiger partial charge in [-0.25, -0.2) is 4.99 Å². The first-order valence-corrected chi connectivity index (χ1v) is 13.8. The van der Waals surface area contributed by atoms with Crippen LogP contribution in [0.1, 0.15) is 34.7 Å². The van der Waals surface area contributed by atoms with Crippen molar-refractivity contribution in [2.75, 3.05) is 7.11 Å². The van der Waals surface area contributed by atoms with Gasteiger partial charge in [-0.05, 0) is 52.5 Å². The Morgan fingerprint density at radius 2 is 1.85 bits per heavy atom. The van der Waals surface area contributed by atoms with E-state index in [1.807, 2.05) is 60.7 Å². The number of nitro benzene ring substituents is 1. The Morgan fingerprint density at radius 3 is 2.70 bits per heavy atom. The third-order valence-corrected chi connectivity index (χ3v) is 8.68. The molecule has 0 bridgehead atoms. The molecule has 0 unspecified atom stereocenters. The Labute approximate surface area is 232 Å². The molecular weight excluding hydrogens is 522 g/mol. The van der Waals surface area contributed by atoms with E-state index < -0.39 is 11.0 Å². The molecule has 7 nitrogen and oxygen atoms in total. The number of benzene rings is 4. The normalized spacial score (nSPS) is 16.2. The Morgan fingerprint density at radius 1 is 1.02 bits per heavy atom. The zero-order chi connectivity index (χ0) is 27.4. The molecule has 0 amide bonds. The lowest BCUT2D eigenvalue weighted by atomic mass is 9.83. The van der Waals surface area contributed by atoms with Gasteiger partial charge in [0.25, 0.3) is 11.2 Å². The van der Waals surface area contributed by atoms with Crippen molar-refractivity contribution in [3.05, 3.63) is 143 Å². The Kier molecular flexibility index (Phi) is 5.71. The molecule has 196 valence electrons. The summed E-state index contributed by atoms with van der Waals surface area (Å²) in [5.41, 5.74) is 5.46. The molecule has 0 spiro atoms. The van der Waals surface area contributed by atoms with Crippen molar-refractivity contribution in [1.82, 2.24) is 4.57 Å². The first-order chi connectivity index (χ1) is 19.5. The monoisotopic (exact) mass is 545 g/mol. The quantitative estimate of drug-likeness (QED) is 0.224. The number of allylic oxidation sites excluding steroid dienone is 1. The third kappa shape index (κ3) is 3.79. The zero-order valence-corrected chi connectivity index (χ0v) is 22.4. The van der Waals surface area contributed by atoms with E-state index >= 15 is 0 Å². The average molecular weight is 546 g/mol. The highest BCUT2D eigenvalue weighted by Crippen LogP contribution is 2.41. The van der Waals surface area contributed by atoms with E-state index in [2.05, 4.69) is 12.1 Å². The van der Waals surface area contributed by atoms with Crippen LogP contribution < -0.4 is 19.6 Å². The Bertz CT molecular complexity index is 2070. The molecule has 2 heterocycles. The predicted molar refractivity (Wildman–Crippen MR) is 156 cm³/mol. The third-order valence-electron chi connectivity index (χ3n) is 7.70. The number of methoxy groups -OCH3 is 1. The highest BCUT2D eigenvalue weighted by molar-refractivity contribution is 7.07. The van der Waals surface area contributed by atoms with Crippen molar-refractivity contribution in [3.63, 3.8) is 0 Å². The van der Waals surface area contributed by atoms with Gasteiger partial charge in [-0.2, -0.15) is 0 Å². The van der Waals surface area contributed by atoms with Crippen molar-refractivity contribution in [1.29, 1.82) is 0 Å². The van der Waals surface area contributed by atoms with Crippen LogP contribution in [0.15, 0.2) is 100 Å². The van der Waals surface area contributed by atoms with Crippen molar-refractivity contribution in [2.24, 2.45) is 4.99 Å². The van der Waals surface area contributed by atoms with Gasteiger partial charge in [0.15, 0.2) is 4.80 Å². The van der Waals surface area contributed by atoms with E-state index in [1.165, 1.54) is 23.0 Å². The van der Waals surface area contributed by atoms with E-state index in [9.17, 15) is 14.9 Å². The molecule has 4 aromatic carbocycles. The fourth-order valence-corrected chi connectivity index (χ4v) is 6.85. The molecule has 5 aromatic rings. The van der Waals surface area contributed by atoms with Gasteiger partial charge >= 0.3 is 0 Å². The second-order valence-corrected chi connectivity index (χ2v) is 10.9. The molecule has 0 saturated carbocycles. The standard InChI is InChI=1S/C32H23N3O4S/c1-39-27-16-14-19-7-2-4-11-23(19)26(27)18-28-31(36)34-30(21-9-6-10-22(17-21)35(37)38)25-15-13-20-8-3-5-12-24(20)29(25)33-32(34)40-28/h2-12,14,16-18,30H,13,15H2,1H3/b28-18-/t30-/m0/s1. The smallest absolute Gasteiger partial charge is 0.271 e. The van der Waals surface area contributed by atoms with Gasteiger partial charge < -0.3 is 4.74 Å². The summed E-state index contributed by atoms with van der Waals surface area (Å²) in [7, 11) is 1.62. The molecule has 1 aliphatic carbocycles. The van der Waals surface area contributed by atoms with Crippen LogP contribution in [0.2, 0.25) is 0 Å². The maximum absolute atomic E-state index is 14.2. The van der Waals surface area contributed by atoms with Gasteiger partial charge in [0.2, 0.25) is 0 Å². The fourth-order valence-electron chi connectivity index (χ4n) is 5.86. The average Bonchev–Trinajstić information content (AvgIpc) is 3.30. The number of fused-ring (bicyclic) bond motifs is 4.